The zero-order valence-corrected chi connectivity index (χ0v) is 9.01. The maximum Gasteiger partial charge on any atom is 0.311 e. The van der Waals surface area contributed by atoms with Crippen molar-refractivity contribution in [2.24, 2.45) is 11.7 Å². The molecule has 0 aromatic rings. The van der Waals surface area contributed by atoms with Gasteiger partial charge in [0.05, 0.1) is 25.9 Å². The molecule has 3 atom stereocenters. The molecule has 0 aromatic heterocycles. The van der Waals surface area contributed by atoms with Crippen molar-refractivity contribution >= 4 is 11.9 Å². The van der Waals surface area contributed by atoms with Gasteiger partial charge in [0.2, 0.25) is 5.91 Å². The lowest BCUT2D eigenvalue weighted by molar-refractivity contribution is -0.142. The van der Waals surface area contributed by atoms with Gasteiger partial charge in [0, 0.05) is 7.11 Å². The van der Waals surface area contributed by atoms with Gasteiger partial charge in [-0.15, -0.1) is 0 Å². The number of carbonyl (C=O) groups is 2. The van der Waals surface area contributed by atoms with E-state index >= 15 is 0 Å². The van der Waals surface area contributed by atoms with Crippen molar-refractivity contribution in [1.82, 2.24) is 5.32 Å². The average Bonchev–Trinajstić information content (AvgIpc) is 2.66. The zero-order chi connectivity index (χ0) is 12.1. The maximum absolute atomic E-state index is 11.5. The fraction of sp³-hybridized carbons (Fsp3) is 0.778. The highest BCUT2D eigenvalue weighted by molar-refractivity contribution is 5.83. The lowest BCUT2D eigenvalue weighted by atomic mass is 10.0. The van der Waals surface area contributed by atoms with Crippen LogP contribution in [0.3, 0.4) is 0 Å². The summed E-state index contributed by atoms with van der Waals surface area (Å²) >= 11 is 0. The Morgan fingerprint density at radius 1 is 1.62 bits per heavy atom. The van der Waals surface area contributed by atoms with E-state index in [9.17, 15) is 9.59 Å². The van der Waals surface area contributed by atoms with Gasteiger partial charge in [-0.25, -0.2) is 0 Å². The Labute approximate surface area is 92.9 Å². The van der Waals surface area contributed by atoms with Crippen LogP contribution < -0.4 is 11.1 Å². The van der Waals surface area contributed by atoms with Crippen LogP contribution in [0, 0.1) is 5.92 Å². The number of carboxylic acid groups (broad SMARTS) is 1. The van der Waals surface area contributed by atoms with Crippen molar-refractivity contribution in [1.29, 1.82) is 0 Å². The van der Waals surface area contributed by atoms with E-state index in [1.807, 2.05) is 0 Å². The van der Waals surface area contributed by atoms with Gasteiger partial charge in [-0.2, -0.15) is 0 Å². The fourth-order valence-electron chi connectivity index (χ4n) is 1.48. The minimum absolute atomic E-state index is 0.0944. The van der Waals surface area contributed by atoms with Crippen molar-refractivity contribution in [2.45, 2.75) is 12.1 Å². The molecular formula is C9H16N2O5. The Bertz CT molecular complexity index is 271. The average molecular weight is 232 g/mol. The first-order valence-corrected chi connectivity index (χ1v) is 4.91. The number of hydrogen-bond donors (Lipinski definition) is 3. The molecule has 7 heteroatoms. The van der Waals surface area contributed by atoms with E-state index < -0.39 is 29.9 Å². The number of nitrogens with two attached hydrogens (primary N) is 1. The molecule has 0 aliphatic carbocycles. The number of carbonyl (C=O) groups excluding carboxylic acids is 1. The van der Waals surface area contributed by atoms with Gasteiger partial charge in [-0.05, 0) is 0 Å². The molecule has 3 unspecified atom stereocenters. The molecule has 1 aliphatic heterocycles. The highest BCUT2D eigenvalue weighted by Crippen LogP contribution is 2.13. The monoisotopic (exact) mass is 232 g/mol. The van der Waals surface area contributed by atoms with Crippen molar-refractivity contribution in [2.75, 3.05) is 26.9 Å². The molecule has 4 N–H and O–H groups in total. The summed E-state index contributed by atoms with van der Waals surface area (Å²) in [6.07, 6.45) is 0. The minimum atomic E-state index is -0.983. The van der Waals surface area contributed by atoms with Gasteiger partial charge < -0.3 is 25.6 Å². The summed E-state index contributed by atoms with van der Waals surface area (Å²) in [5.74, 6) is -2.12. The van der Waals surface area contributed by atoms with E-state index in [0.29, 0.717) is 0 Å². The first-order valence-electron chi connectivity index (χ1n) is 4.91. The molecular weight excluding hydrogens is 216 g/mol. The van der Waals surface area contributed by atoms with E-state index in [1.54, 1.807) is 0 Å². The van der Waals surface area contributed by atoms with Crippen molar-refractivity contribution in [3.8, 4) is 0 Å². The lowest BCUT2D eigenvalue weighted by Crippen LogP contribution is -2.50. The van der Waals surface area contributed by atoms with E-state index in [0.717, 1.165) is 0 Å². The summed E-state index contributed by atoms with van der Waals surface area (Å²) in [6.45, 7) is 0.402. The molecule has 0 bridgehead atoms. The van der Waals surface area contributed by atoms with Crippen molar-refractivity contribution in [3.05, 3.63) is 0 Å². The van der Waals surface area contributed by atoms with Gasteiger partial charge in [-0.1, -0.05) is 0 Å². The second-order valence-corrected chi connectivity index (χ2v) is 3.66. The maximum atomic E-state index is 11.5. The molecule has 16 heavy (non-hydrogen) atoms. The molecule has 0 saturated carbocycles. The number of ether oxygens (including phenoxy) is 2. The smallest absolute Gasteiger partial charge is 0.311 e. The number of rotatable bonds is 5. The largest absolute Gasteiger partial charge is 0.481 e. The third-order valence-corrected chi connectivity index (χ3v) is 2.41. The molecule has 7 nitrogen and oxygen atoms in total. The Morgan fingerprint density at radius 3 is 2.88 bits per heavy atom. The molecule has 1 rings (SSSR count). The van der Waals surface area contributed by atoms with Crippen molar-refractivity contribution in [3.63, 3.8) is 0 Å². The predicted octanol–water partition coefficient (Wildman–Crippen LogP) is -1.82. The fourth-order valence-corrected chi connectivity index (χ4v) is 1.48. The van der Waals surface area contributed by atoms with E-state index in [-0.39, 0.29) is 19.8 Å². The molecule has 1 aliphatic rings. The van der Waals surface area contributed by atoms with Crippen LogP contribution in [0.4, 0.5) is 0 Å². The summed E-state index contributed by atoms with van der Waals surface area (Å²) < 4.78 is 9.73. The number of carboxylic acids is 1. The van der Waals surface area contributed by atoms with E-state index in [2.05, 4.69) is 5.32 Å². The zero-order valence-electron chi connectivity index (χ0n) is 9.01. The first kappa shape index (κ1) is 12.9. The van der Waals surface area contributed by atoms with E-state index in [4.69, 9.17) is 20.3 Å². The lowest BCUT2D eigenvalue weighted by Gasteiger charge is -2.18. The topological polar surface area (TPSA) is 111 Å². The number of aliphatic carboxylic acids is 1. The molecule has 0 radical (unpaired) electrons. The number of amides is 1. The molecule has 0 aromatic carbocycles. The summed E-state index contributed by atoms with van der Waals surface area (Å²) in [5, 5.41) is 11.4. The quantitative estimate of drug-likeness (QED) is 0.514. The second-order valence-electron chi connectivity index (χ2n) is 3.66. The van der Waals surface area contributed by atoms with E-state index in [1.165, 1.54) is 7.11 Å². The Morgan fingerprint density at radius 2 is 2.31 bits per heavy atom. The summed E-state index contributed by atoms with van der Waals surface area (Å²) in [5.41, 5.74) is 5.50. The predicted molar refractivity (Wildman–Crippen MR) is 53.7 cm³/mol. The molecule has 1 fully saturated rings. The minimum Gasteiger partial charge on any atom is -0.481 e. The number of nitrogens with one attached hydrogen (secondary N) is 1. The molecule has 92 valence electrons. The Kier molecular flexibility index (Phi) is 4.66. The van der Waals surface area contributed by atoms with Crippen LogP contribution in [0.5, 0.6) is 0 Å². The SMILES string of the molecule is COCC(N)C(=O)NC1COCC1C(=O)O. The van der Waals surface area contributed by atoms with Crippen molar-refractivity contribution < 1.29 is 24.2 Å². The van der Waals surface area contributed by atoms with Gasteiger partial charge in [-0.3, -0.25) is 9.59 Å². The van der Waals surface area contributed by atoms with Crippen LogP contribution in [0.2, 0.25) is 0 Å². The third-order valence-electron chi connectivity index (χ3n) is 2.41. The third kappa shape index (κ3) is 3.16. The number of methoxy groups -OCH3 is 1. The van der Waals surface area contributed by atoms with Crippen LogP contribution in [-0.2, 0) is 19.1 Å². The van der Waals surface area contributed by atoms with Gasteiger partial charge in [0.25, 0.3) is 0 Å². The second kappa shape index (κ2) is 5.78. The summed E-state index contributed by atoms with van der Waals surface area (Å²) in [7, 11) is 1.44. The van der Waals surface area contributed by atoms with Crippen LogP contribution in [0.1, 0.15) is 0 Å². The summed E-state index contributed by atoms with van der Waals surface area (Å²) in [4.78, 5) is 22.3. The van der Waals surface area contributed by atoms with Crippen LogP contribution in [-0.4, -0.2) is 56.0 Å². The molecule has 0 spiro atoms. The highest BCUT2D eigenvalue weighted by atomic mass is 16.5. The molecule has 1 saturated heterocycles. The highest BCUT2D eigenvalue weighted by Gasteiger charge is 2.35. The number of hydrogen-bond acceptors (Lipinski definition) is 5. The Hall–Kier alpha value is -1.18. The van der Waals surface area contributed by atoms with Gasteiger partial charge in [0.1, 0.15) is 12.0 Å². The van der Waals surface area contributed by atoms with Gasteiger partial charge in [0.15, 0.2) is 0 Å². The standard InChI is InChI=1S/C9H16N2O5/c1-15-3-6(10)8(12)11-7-4-16-2-5(7)9(13)14/h5-7H,2-4,10H2,1H3,(H,11,12)(H,13,14). The molecule has 1 amide bonds. The van der Waals surface area contributed by atoms with Crippen LogP contribution in [0.15, 0.2) is 0 Å². The first-order chi connectivity index (χ1) is 7.56. The normalized spacial score (nSPS) is 26.4. The summed E-state index contributed by atoms with van der Waals surface area (Å²) in [6, 6.07) is -1.31. The molecule has 1 heterocycles. The van der Waals surface area contributed by atoms with Crippen LogP contribution in [0.25, 0.3) is 0 Å². The van der Waals surface area contributed by atoms with Crippen LogP contribution >= 0.6 is 0 Å². The van der Waals surface area contributed by atoms with Gasteiger partial charge >= 0.3 is 5.97 Å². The Balaban J connectivity index is 2.47.